The largest absolute Gasteiger partial charge is 0.308 e. The summed E-state index contributed by atoms with van der Waals surface area (Å²) < 4.78 is 1.31. The lowest BCUT2D eigenvalue weighted by Gasteiger charge is -2.31. The maximum atomic E-state index is 3.83. The van der Waals surface area contributed by atoms with E-state index in [2.05, 4.69) is 58.3 Å². The molecule has 1 atom stereocenters. The first-order chi connectivity index (χ1) is 9.58. The van der Waals surface area contributed by atoms with Gasteiger partial charge in [-0.2, -0.15) is 0 Å². The van der Waals surface area contributed by atoms with Crippen LogP contribution in [0.15, 0.2) is 22.7 Å². The van der Waals surface area contributed by atoms with E-state index in [4.69, 9.17) is 0 Å². The quantitative estimate of drug-likeness (QED) is 0.882. The van der Waals surface area contributed by atoms with Crippen molar-refractivity contribution in [3.8, 4) is 0 Å². The van der Waals surface area contributed by atoms with Gasteiger partial charge in [0.2, 0.25) is 0 Å². The second kappa shape index (κ2) is 5.78. The van der Waals surface area contributed by atoms with Gasteiger partial charge < -0.3 is 10.2 Å². The number of nitrogens with one attached hydrogen (secondary N) is 1. The van der Waals surface area contributed by atoms with Crippen LogP contribution in [-0.4, -0.2) is 31.6 Å². The van der Waals surface area contributed by atoms with Crippen molar-refractivity contribution in [1.29, 1.82) is 0 Å². The Kier molecular flexibility index (Phi) is 4.21. The van der Waals surface area contributed by atoms with Gasteiger partial charge in [-0.1, -0.05) is 28.1 Å². The van der Waals surface area contributed by atoms with Crippen molar-refractivity contribution < 1.29 is 0 Å². The number of halogens is 1. The van der Waals surface area contributed by atoms with Crippen LogP contribution in [-0.2, 0) is 5.54 Å². The topological polar surface area (TPSA) is 15.3 Å². The summed E-state index contributed by atoms with van der Waals surface area (Å²) in [5, 5.41) is 3.65. The van der Waals surface area contributed by atoms with Gasteiger partial charge in [0.1, 0.15) is 0 Å². The van der Waals surface area contributed by atoms with Gasteiger partial charge in [-0.15, -0.1) is 0 Å². The summed E-state index contributed by atoms with van der Waals surface area (Å²) in [5.41, 5.74) is 3.11. The van der Waals surface area contributed by atoms with E-state index in [9.17, 15) is 0 Å². The molecule has 110 valence electrons. The summed E-state index contributed by atoms with van der Waals surface area (Å²) in [6.45, 7) is 5.91. The minimum Gasteiger partial charge on any atom is -0.308 e. The molecule has 0 saturated carbocycles. The summed E-state index contributed by atoms with van der Waals surface area (Å²) in [6, 6.07) is 7.06. The number of likely N-dealkylation sites (tertiary alicyclic amines) is 1. The molecular weight excluding hydrogens is 312 g/mol. The van der Waals surface area contributed by atoms with Gasteiger partial charge in [0.25, 0.3) is 0 Å². The highest BCUT2D eigenvalue weighted by Crippen LogP contribution is 2.37. The zero-order valence-electron chi connectivity index (χ0n) is 12.6. The smallest absolute Gasteiger partial charge is 0.0406 e. The standard InChI is InChI=1S/C17H25BrN2/c1-17(8-3-9-19-17)14-4-5-15(16(18)12-14)13-6-10-20(2)11-7-13/h4-5,12-13,19H,3,6-11H2,1-2H3. The highest BCUT2D eigenvalue weighted by atomic mass is 79.9. The number of hydrogen-bond acceptors (Lipinski definition) is 2. The van der Waals surface area contributed by atoms with E-state index in [-0.39, 0.29) is 5.54 Å². The monoisotopic (exact) mass is 336 g/mol. The molecule has 0 bridgehead atoms. The Balaban J connectivity index is 1.81. The summed E-state index contributed by atoms with van der Waals surface area (Å²) in [5.74, 6) is 0.721. The van der Waals surface area contributed by atoms with Crippen LogP contribution in [0.3, 0.4) is 0 Å². The Bertz CT molecular complexity index is 472. The molecule has 3 heteroatoms. The van der Waals surface area contributed by atoms with E-state index in [1.165, 1.54) is 54.4 Å². The van der Waals surface area contributed by atoms with Crippen molar-refractivity contribution in [1.82, 2.24) is 10.2 Å². The van der Waals surface area contributed by atoms with Gasteiger partial charge in [-0.05, 0) is 82.4 Å². The maximum absolute atomic E-state index is 3.83. The molecule has 20 heavy (non-hydrogen) atoms. The van der Waals surface area contributed by atoms with Crippen LogP contribution >= 0.6 is 15.9 Å². The normalized spacial score (nSPS) is 28.9. The van der Waals surface area contributed by atoms with E-state index in [0.717, 1.165) is 12.5 Å². The Morgan fingerprint density at radius 2 is 2.05 bits per heavy atom. The minimum atomic E-state index is 0.174. The van der Waals surface area contributed by atoms with Gasteiger partial charge in [-0.3, -0.25) is 0 Å². The molecule has 2 aliphatic rings. The molecule has 3 rings (SSSR count). The molecule has 2 saturated heterocycles. The predicted molar refractivity (Wildman–Crippen MR) is 88.2 cm³/mol. The highest BCUT2D eigenvalue weighted by molar-refractivity contribution is 9.10. The molecule has 0 radical (unpaired) electrons. The molecule has 2 aliphatic heterocycles. The second-order valence-electron chi connectivity index (χ2n) is 6.68. The molecule has 0 spiro atoms. The average molecular weight is 337 g/mol. The Hall–Kier alpha value is -0.380. The van der Waals surface area contributed by atoms with Crippen molar-refractivity contribution >= 4 is 15.9 Å². The molecule has 0 amide bonds. The van der Waals surface area contributed by atoms with Crippen molar-refractivity contribution in [3.05, 3.63) is 33.8 Å². The highest BCUT2D eigenvalue weighted by Gasteiger charge is 2.30. The lowest BCUT2D eigenvalue weighted by molar-refractivity contribution is 0.255. The third-order valence-electron chi connectivity index (χ3n) is 5.16. The Labute approximate surface area is 131 Å². The van der Waals surface area contributed by atoms with Crippen LogP contribution in [0.2, 0.25) is 0 Å². The van der Waals surface area contributed by atoms with Crippen LogP contribution in [0.5, 0.6) is 0 Å². The summed E-state index contributed by atoms with van der Waals surface area (Å²) >= 11 is 3.83. The van der Waals surface area contributed by atoms with Crippen molar-refractivity contribution in [2.75, 3.05) is 26.7 Å². The number of rotatable bonds is 2. The number of nitrogens with zero attached hydrogens (tertiary/aromatic N) is 1. The molecule has 0 aromatic heterocycles. The molecule has 2 heterocycles. The van der Waals surface area contributed by atoms with Gasteiger partial charge in [0.05, 0.1) is 0 Å². The summed E-state index contributed by atoms with van der Waals surface area (Å²) in [7, 11) is 2.22. The first kappa shape index (κ1) is 14.6. The van der Waals surface area contributed by atoms with Crippen LogP contribution in [0.1, 0.15) is 49.7 Å². The van der Waals surface area contributed by atoms with E-state index in [1.807, 2.05) is 0 Å². The zero-order valence-corrected chi connectivity index (χ0v) is 14.2. The maximum Gasteiger partial charge on any atom is 0.0406 e. The number of benzene rings is 1. The first-order valence-corrected chi connectivity index (χ1v) is 8.61. The van der Waals surface area contributed by atoms with Crippen molar-refractivity contribution in [3.63, 3.8) is 0 Å². The van der Waals surface area contributed by atoms with Gasteiger partial charge in [-0.25, -0.2) is 0 Å². The van der Waals surface area contributed by atoms with E-state index in [1.54, 1.807) is 0 Å². The molecule has 1 unspecified atom stereocenters. The predicted octanol–water partition coefficient (Wildman–Crippen LogP) is 3.86. The Morgan fingerprint density at radius 3 is 2.65 bits per heavy atom. The molecule has 1 N–H and O–H groups in total. The third-order valence-corrected chi connectivity index (χ3v) is 5.85. The third kappa shape index (κ3) is 2.81. The number of piperidine rings is 1. The van der Waals surface area contributed by atoms with Crippen LogP contribution in [0.4, 0.5) is 0 Å². The molecule has 2 nitrogen and oxygen atoms in total. The van der Waals surface area contributed by atoms with Crippen molar-refractivity contribution in [2.24, 2.45) is 0 Å². The molecule has 1 aromatic carbocycles. The fourth-order valence-electron chi connectivity index (χ4n) is 3.66. The SMILES string of the molecule is CN1CCC(c2ccc(C3(C)CCCN3)cc2Br)CC1. The second-order valence-corrected chi connectivity index (χ2v) is 7.53. The minimum absolute atomic E-state index is 0.174. The lowest BCUT2D eigenvalue weighted by atomic mass is 9.85. The molecule has 1 aromatic rings. The molecule has 2 fully saturated rings. The van der Waals surface area contributed by atoms with E-state index in [0.29, 0.717) is 0 Å². The van der Waals surface area contributed by atoms with E-state index >= 15 is 0 Å². The molecule has 0 aliphatic carbocycles. The van der Waals surface area contributed by atoms with Crippen LogP contribution < -0.4 is 5.32 Å². The summed E-state index contributed by atoms with van der Waals surface area (Å²) in [4.78, 5) is 2.43. The van der Waals surface area contributed by atoms with Gasteiger partial charge in [0.15, 0.2) is 0 Å². The van der Waals surface area contributed by atoms with Crippen molar-refractivity contribution in [2.45, 2.75) is 44.1 Å². The Morgan fingerprint density at radius 1 is 1.30 bits per heavy atom. The summed E-state index contributed by atoms with van der Waals surface area (Å²) in [6.07, 6.45) is 5.09. The van der Waals surface area contributed by atoms with Gasteiger partial charge in [0, 0.05) is 10.0 Å². The number of hydrogen-bond donors (Lipinski definition) is 1. The fraction of sp³-hybridized carbons (Fsp3) is 0.647. The van der Waals surface area contributed by atoms with E-state index < -0.39 is 0 Å². The van der Waals surface area contributed by atoms with Crippen LogP contribution in [0.25, 0.3) is 0 Å². The fourth-order valence-corrected chi connectivity index (χ4v) is 4.36. The lowest BCUT2D eigenvalue weighted by Crippen LogP contribution is -2.33. The molecular formula is C17H25BrN2. The van der Waals surface area contributed by atoms with Gasteiger partial charge >= 0.3 is 0 Å². The van der Waals surface area contributed by atoms with Crippen LogP contribution in [0, 0.1) is 0 Å². The zero-order chi connectivity index (χ0) is 14.2. The first-order valence-electron chi connectivity index (χ1n) is 7.82. The average Bonchev–Trinajstić information content (AvgIpc) is 2.88.